The van der Waals surface area contributed by atoms with Crippen LogP contribution < -0.4 is 10.5 Å². The molecular formula is C14H17N3O. The molecule has 0 unspecified atom stereocenters. The Morgan fingerprint density at radius 1 is 1.28 bits per heavy atom. The van der Waals surface area contributed by atoms with Crippen molar-refractivity contribution in [3.63, 3.8) is 0 Å². The van der Waals surface area contributed by atoms with E-state index in [2.05, 4.69) is 10.2 Å². The van der Waals surface area contributed by atoms with E-state index in [0.717, 1.165) is 30.0 Å². The van der Waals surface area contributed by atoms with E-state index in [1.54, 1.807) is 0 Å². The van der Waals surface area contributed by atoms with Gasteiger partial charge in [0.2, 0.25) is 0 Å². The van der Waals surface area contributed by atoms with Crippen LogP contribution in [0.2, 0.25) is 0 Å². The number of rotatable bonds is 3. The summed E-state index contributed by atoms with van der Waals surface area (Å²) in [5.41, 5.74) is 10.1. The van der Waals surface area contributed by atoms with Gasteiger partial charge in [-0.2, -0.15) is 5.10 Å². The molecule has 0 amide bonds. The first-order valence-corrected chi connectivity index (χ1v) is 6.36. The zero-order chi connectivity index (χ0) is 12.4. The molecule has 4 nitrogen and oxygen atoms in total. The third-order valence-electron chi connectivity index (χ3n) is 3.38. The lowest BCUT2D eigenvalue weighted by molar-refractivity contribution is 0.300. The minimum Gasteiger partial charge on any atom is -0.487 e. The van der Waals surface area contributed by atoms with Gasteiger partial charge < -0.3 is 10.5 Å². The second kappa shape index (κ2) is 4.72. The van der Waals surface area contributed by atoms with E-state index in [1.165, 1.54) is 24.1 Å². The highest BCUT2D eigenvalue weighted by molar-refractivity contribution is 5.43. The van der Waals surface area contributed by atoms with Gasteiger partial charge >= 0.3 is 0 Å². The second-order valence-electron chi connectivity index (χ2n) is 4.70. The molecule has 1 aliphatic rings. The number of nitrogen functional groups attached to an aromatic ring is 1. The van der Waals surface area contributed by atoms with Gasteiger partial charge in [-0.1, -0.05) is 6.07 Å². The van der Waals surface area contributed by atoms with Crippen molar-refractivity contribution in [3.05, 3.63) is 41.2 Å². The Hall–Kier alpha value is -1.97. The smallest absolute Gasteiger partial charge is 0.132 e. The van der Waals surface area contributed by atoms with Crippen LogP contribution in [0.1, 0.15) is 29.8 Å². The third kappa shape index (κ3) is 2.18. The van der Waals surface area contributed by atoms with Crippen molar-refractivity contribution in [2.75, 3.05) is 5.73 Å². The molecule has 3 rings (SSSR count). The zero-order valence-electron chi connectivity index (χ0n) is 10.3. The van der Waals surface area contributed by atoms with Crippen molar-refractivity contribution in [3.8, 4) is 5.75 Å². The molecule has 18 heavy (non-hydrogen) atoms. The van der Waals surface area contributed by atoms with Gasteiger partial charge in [0.05, 0.1) is 0 Å². The number of hydrogen-bond donors (Lipinski definition) is 2. The summed E-state index contributed by atoms with van der Waals surface area (Å²) in [6.07, 6.45) is 4.73. The van der Waals surface area contributed by atoms with E-state index in [9.17, 15) is 0 Å². The highest BCUT2D eigenvalue weighted by atomic mass is 16.5. The topological polar surface area (TPSA) is 63.9 Å². The van der Waals surface area contributed by atoms with Crippen LogP contribution >= 0.6 is 0 Å². The summed E-state index contributed by atoms with van der Waals surface area (Å²) in [5.74, 6) is 0.794. The summed E-state index contributed by atoms with van der Waals surface area (Å²) in [7, 11) is 0. The number of hydrogen-bond acceptors (Lipinski definition) is 3. The first-order chi connectivity index (χ1) is 8.83. The van der Waals surface area contributed by atoms with E-state index >= 15 is 0 Å². The van der Waals surface area contributed by atoms with Gasteiger partial charge in [0.25, 0.3) is 0 Å². The molecule has 0 bridgehead atoms. The van der Waals surface area contributed by atoms with Crippen molar-refractivity contribution >= 4 is 5.69 Å². The molecule has 2 aromatic rings. The molecule has 0 radical (unpaired) electrons. The lowest BCUT2D eigenvalue weighted by Gasteiger charge is -2.11. The number of nitrogens with two attached hydrogens (primary N) is 1. The van der Waals surface area contributed by atoms with E-state index in [4.69, 9.17) is 10.5 Å². The van der Waals surface area contributed by atoms with Crippen LogP contribution in [0.15, 0.2) is 24.3 Å². The lowest BCUT2D eigenvalue weighted by Crippen LogP contribution is -2.04. The molecule has 94 valence electrons. The second-order valence-corrected chi connectivity index (χ2v) is 4.70. The van der Waals surface area contributed by atoms with Gasteiger partial charge in [-0.15, -0.1) is 0 Å². The van der Waals surface area contributed by atoms with Crippen molar-refractivity contribution in [2.24, 2.45) is 0 Å². The molecule has 0 aliphatic heterocycles. The molecule has 0 spiro atoms. The standard InChI is InChI=1S/C14H17N3O/c15-10-4-3-5-11(8-10)18-9-14-12-6-1-2-7-13(12)16-17-14/h3-5,8H,1-2,6-7,9,15H2,(H,16,17). The maximum absolute atomic E-state index is 5.73. The monoisotopic (exact) mass is 243 g/mol. The average Bonchev–Trinajstić information content (AvgIpc) is 2.80. The van der Waals surface area contributed by atoms with Crippen molar-refractivity contribution in [1.82, 2.24) is 10.2 Å². The molecule has 0 saturated heterocycles. The molecule has 1 heterocycles. The minimum atomic E-state index is 0.509. The molecule has 3 N–H and O–H groups in total. The Bertz CT molecular complexity index is 548. The molecule has 1 aromatic heterocycles. The zero-order valence-corrected chi connectivity index (χ0v) is 10.3. The van der Waals surface area contributed by atoms with Gasteiger partial charge in [-0.25, -0.2) is 0 Å². The Balaban J connectivity index is 1.72. The number of anilines is 1. The SMILES string of the molecule is Nc1cccc(OCc2n[nH]c3c2CCCC3)c1. The van der Waals surface area contributed by atoms with Crippen molar-refractivity contribution in [2.45, 2.75) is 32.3 Å². The normalized spacial score (nSPS) is 14.2. The van der Waals surface area contributed by atoms with Crippen LogP contribution in [0.5, 0.6) is 5.75 Å². The minimum absolute atomic E-state index is 0.509. The number of H-pyrrole nitrogens is 1. The fourth-order valence-corrected chi connectivity index (χ4v) is 2.43. The Labute approximate surface area is 106 Å². The molecule has 0 saturated carbocycles. The highest BCUT2D eigenvalue weighted by Crippen LogP contribution is 2.23. The van der Waals surface area contributed by atoms with Crippen LogP contribution in [0.3, 0.4) is 0 Å². The van der Waals surface area contributed by atoms with Crippen molar-refractivity contribution < 1.29 is 4.74 Å². The summed E-state index contributed by atoms with van der Waals surface area (Å²) in [6, 6.07) is 7.49. The van der Waals surface area contributed by atoms with Gasteiger partial charge in [-0.05, 0) is 43.4 Å². The molecule has 4 heteroatoms. The summed E-state index contributed by atoms with van der Waals surface area (Å²) in [6.45, 7) is 0.509. The van der Waals surface area contributed by atoms with E-state index < -0.39 is 0 Å². The summed E-state index contributed by atoms with van der Waals surface area (Å²) >= 11 is 0. The molecule has 0 atom stereocenters. The van der Waals surface area contributed by atoms with E-state index in [1.807, 2.05) is 24.3 Å². The average molecular weight is 243 g/mol. The maximum atomic E-state index is 5.73. The van der Waals surface area contributed by atoms with Gasteiger partial charge in [0, 0.05) is 17.4 Å². The molecular weight excluding hydrogens is 226 g/mol. The maximum Gasteiger partial charge on any atom is 0.132 e. The van der Waals surface area contributed by atoms with Gasteiger partial charge in [0.15, 0.2) is 0 Å². The fourth-order valence-electron chi connectivity index (χ4n) is 2.43. The summed E-state index contributed by atoms with van der Waals surface area (Å²) in [5, 5.41) is 7.47. The Morgan fingerprint density at radius 3 is 3.06 bits per heavy atom. The van der Waals surface area contributed by atoms with Crippen LogP contribution in [0, 0.1) is 0 Å². The van der Waals surface area contributed by atoms with Gasteiger partial charge in [0.1, 0.15) is 18.1 Å². The first-order valence-electron chi connectivity index (χ1n) is 6.36. The lowest BCUT2D eigenvalue weighted by atomic mass is 9.96. The molecule has 1 aromatic carbocycles. The predicted molar refractivity (Wildman–Crippen MR) is 70.4 cm³/mol. The number of aromatic amines is 1. The predicted octanol–water partition coefficient (Wildman–Crippen LogP) is 2.45. The van der Waals surface area contributed by atoms with Gasteiger partial charge in [-0.3, -0.25) is 5.10 Å². The van der Waals surface area contributed by atoms with Crippen molar-refractivity contribution in [1.29, 1.82) is 0 Å². The number of benzene rings is 1. The van der Waals surface area contributed by atoms with Crippen LogP contribution in [0.25, 0.3) is 0 Å². The number of nitrogens with zero attached hydrogens (tertiary/aromatic N) is 1. The molecule has 1 aliphatic carbocycles. The summed E-state index contributed by atoms with van der Waals surface area (Å²) in [4.78, 5) is 0. The van der Waals surface area contributed by atoms with E-state index in [-0.39, 0.29) is 0 Å². The fraction of sp³-hybridized carbons (Fsp3) is 0.357. The van der Waals surface area contributed by atoms with Crippen LogP contribution in [-0.4, -0.2) is 10.2 Å². The van der Waals surface area contributed by atoms with E-state index in [0.29, 0.717) is 6.61 Å². The van der Waals surface area contributed by atoms with Crippen LogP contribution in [-0.2, 0) is 19.4 Å². The summed E-state index contributed by atoms with van der Waals surface area (Å²) < 4.78 is 5.73. The number of nitrogens with one attached hydrogen (secondary N) is 1. The number of ether oxygens (including phenoxy) is 1. The highest BCUT2D eigenvalue weighted by Gasteiger charge is 2.16. The van der Waals surface area contributed by atoms with Crippen LogP contribution in [0.4, 0.5) is 5.69 Å². The Kier molecular flexibility index (Phi) is 2.92. The number of aryl methyl sites for hydroxylation is 1. The Morgan fingerprint density at radius 2 is 2.17 bits per heavy atom. The number of fused-ring (bicyclic) bond motifs is 1. The third-order valence-corrected chi connectivity index (χ3v) is 3.38. The largest absolute Gasteiger partial charge is 0.487 e. The quantitative estimate of drug-likeness (QED) is 0.814. The molecule has 0 fully saturated rings. The first kappa shape index (κ1) is 11.1. The number of aromatic nitrogens is 2.